The molecule has 0 aliphatic rings. The fraction of sp³-hybridized carbons (Fsp3) is 0.409. The summed E-state index contributed by atoms with van der Waals surface area (Å²) in [6.07, 6.45) is 0.587. The molecule has 2 aromatic carbocycles. The number of aryl methyl sites for hydroxylation is 2. The lowest BCUT2D eigenvalue weighted by molar-refractivity contribution is -0.693. The van der Waals surface area contributed by atoms with Crippen molar-refractivity contribution in [3.05, 3.63) is 70.8 Å². The monoisotopic (exact) mass is 375 g/mol. The summed E-state index contributed by atoms with van der Waals surface area (Å²) in [4.78, 5) is 12.5. The van der Waals surface area contributed by atoms with Gasteiger partial charge in [-0.05, 0) is 44.9 Å². The number of carbonyl (C=O) groups is 1. The third kappa shape index (κ3) is 6.24. The molecule has 0 radical (unpaired) electrons. The van der Waals surface area contributed by atoms with Crippen LogP contribution in [0.4, 0.5) is 0 Å². The summed E-state index contributed by atoms with van der Waals surface area (Å²) in [7, 11) is 0. The number of quaternary nitrogens is 1. The third-order valence-corrected chi connectivity index (χ3v) is 4.56. The second kappa shape index (κ2) is 11.1. The Morgan fingerprint density at radius 1 is 1.12 bits per heavy atom. The molecule has 3 nitrogen and oxygen atoms in total. The van der Waals surface area contributed by atoms with Crippen LogP contribution in [-0.4, -0.2) is 25.0 Å². The molecule has 0 aliphatic carbocycles. The zero-order valence-electron chi connectivity index (χ0n) is 16.2. The molecule has 2 rings (SSSR count). The van der Waals surface area contributed by atoms with Gasteiger partial charge in [0.2, 0.25) is 0 Å². The van der Waals surface area contributed by atoms with Crippen LogP contribution in [0.1, 0.15) is 53.4 Å². The van der Waals surface area contributed by atoms with Gasteiger partial charge in [0.05, 0.1) is 13.0 Å². The predicted octanol–water partition coefficient (Wildman–Crippen LogP) is 0.610. The van der Waals surface area contributed by atoms with E-state index in [9.17, 15) is 4.79 Å². The summed E-state index contributed by atoms with van der Waals surface area (Å²) in [6, 6.07) is 16.6. The lowest BCUT2D eigenvalue weighted by atomic mass is 9.99. The van der Waals surface area contributed by atoms with Crippen LogP contribution in [-0.2, 0) is 4.74 Å². The first-order chi connectivity index (χ1) is 12.0. The zero-order valence-corrected chi connectivity index (χ0v) is 16.9. The summed E-state index contributed by atoms with van der Waals surface area (Å²) in [5.74, 6) is 0.220. The van der Waals surface area contributed by atoms with E-state index in [1.54, 1.807) is 0 Å². The van der Waals surface area contributed by atoms with Crippen LogP contribution in [0.25, 0.3) is 0 Å². The quantitative estimate of drug-likeness (QED) is 0.653. The van der Waals surface area contributed by atoms with Crippen molar-refractivity contribution in [3.8, 4) is 0 Å². The van der Waals surface area contributed by atoms with Crippen LogP contribution in [0.15, 0.2) is 48.5 Å². The van der Waals surface area contributed by atoms with Crippen LogP contribution in [0.3, 0.4) is 0 Å². The number of ketones is 1. The van der Waals surface area contributed by atoms with E-state index < -0.39 is 0 Å². The molecule has 0 saturated heterocycles. The van der Waals surface area contributed by atoms with Crippen molar-refractivity contribution in [3.63, 3.8) is 0 Å². The average molecular weight is 376 g/mol. The Kier molecular flexibility index (Phi) is 9.57. The second-order valence-electron chi connectivity index (χ2n) is 6.66. The normalized spacial score (nSPS) is 12.9. The molecule has 0 spiro atoms. The molecule has 0 heterocycles. The van der Waals surface area contributed by atoms with Gasteiger partial charge in [-0.25, -0.2) is 0 Å². The van der Waals surface area contributed by atoms with E-state index in [1.807, 2.05) is 57.2 Å². The van der Waals surface area contributed by atoms with Gasteiger partial charge >= 0.3 is 0 Å². The van der Waals surface area contributed by atoms with Crippen LogP contribution in [0, 0.1) is 13.8 Å². The molecule has 0 aromatic heterocycles. The van der Waals surface area contributed by atoms with E-state index in [2.05, 4.69) is 24.4 Å². The molecule has 0 amide bonds. The van der Waals surface area contributed by atoms with Crippen molar-refractivity contribution in [2.24, 2.45) is 0 Å². The summed E-state index contributed by atoms with van der Waals surface area (Å²) >= 11 is 0. The highest BCUT2D eigenvalue weighted by molar-refractivity contribution is 5.97. The third-order valence-electron chi connectivity index (χ3n) is 4.56. The minimum absolute atomic E-state index is 0. The zero-order chi connectivity index (χ0) is 18.2. The minimum Gasteiger partial charge on any atom is -1.00 e. The lowest BCUT2D eigenvalue weighted by Crippen LogP contribution is -3.00. The van der Waals surface area contributed by atoms with E-state index >= 15 is 0 Å². The first-order valence-electron chi connectivity index (χ1n) is 9.13. The molecular formula is C22H30ClNO2. The van der Waals surface area contributed by atoms with Crippen LogP contribution in [0.5, 0.6) is 0 Å². The Hall–Kier alpha value is -1.68. The maximum atomic E-state index is 12.5. The Labute approximate surface area is 163 Å². The van der Waals surface area contributed by atoms with E-state index in [4.69, 9.17) is 4.74 Å². The predicted molar refractivity (Wildman–Crippen MR) is 102 cm³/mol. The number of halogens is 1. The fourth-order valence-corrected chi connectivity index (χ4v) is 3.15. The van der Waals surface area contributed by atoms with Crippen molar-refractivity contribution in [1.82, 2.24) is 0 Å². The standard InChI is InChI=1S/C22H29NO2.ClH/c1-5-25-22(19-9-7-6-8-10-19)18(4)23-14-13-21(24)20-15-16(2)11-12-17(20)3;/h6-12,15,18,22-23H,5,13-14H2,1-4H3;1H. The lowest BCUT2D eigenvalue weighted by Gasteiger charge is -2.22. The minimum atomic E-state index is 0. The number of carbonyl (C=O) groups excluding carboxylic acids is 1. The number of hydrogen-bond acceptors (Lipinski definition) is 2. The maximum Gasteiger partial charge on any atom is 0.168 e. The molecule has 142 valence electrons. The number of benzene rings is 2. The van der Waals surface area contributed by atoms with Crippen LogP contribution < -0.4 is 17.7 Å². The highest BCUT2D eigenvalue weighted by Crippen LogP contribution is 2.19. The van der Waals surface area contributed by atoms with Gasteiger partial charge in [0, 0.05) is 12.2 Å². The van der Waals surface area contributed by atoms with Gasteiger partial charge in [0.25, 0.3) is 0 Å². The molecule has 26 heavy (non-hydrogen) atoms. The van der Waals surface area contributed by atoms with Gasteiger partial charge in [0.15, 0.2) is 5.78 Å². The molecule has 0 aliphatic heterocycles. The molecule has 2 N–H and O–H groups in total. The summed E-state index contributed by atoms with van der Waals surface area (Å²) in [6.45, 7) is 9.65. The molecule has 0 fully saturated rings. The number of Topliss-reactive ketones (excluding diaryl/α,β-unsaturated/α-hetero) is 1. The molecule has 2 unspecified atom stereocenters. The molecule has 0 saturated carbocycles. The van der Waals surface area contributed by atoms with Crippen molar-refractivity contribution < 1.29 is 27.3 Å². The van der Waals surface area contributed by atoms with E-state index in [-0.39, 0.29) is 30.3 Å². The summed E-state index contributed by atoms with van der Waals surface area (Å²) in [5, 5.41) is 2.22. The number of rotatable bonds is 9. The average Bonchev–Trinajstić information content (AvgIpc) is 2.62. The Bertz CT molecular complexity index is 688. The van der Waals surface area contributed by atoms with Gasteiger partial charge in [-0.1, -0.05) is 48.0 Å². The first kappa shape index (κ1) is 22.4. The molecular weight excluding hydrogens is 346 g/mol. The Morgan fingerprint density at radius 2 is 1.81 bits per heavy atom. The Morgan fingerprint density at radius 3 is 2.46 bits per heavy atom. The Balaban J connectivity index is 0.00000338. The van der Waals surface area contributed by atoms with Crippen molar-refractivity contribution in [1.29, 1.82) is 0 Å². The van der Waals surface area contributed by atoms with E-state index in [0.29, 0.717) is 13.0 Å². The number of nitrogens with two attached hydrogens (primary N) is 1. The largest absolute Gasteiger partial charge is 1.00 e. The van der Waals surface area contributed by atoms with Gasteiger partial charge < -0.3 is 22.5 Å². The SMILES string of the molecule is CCOC(c1ccccc1)C(C)[NH2+]CCC(=O)c1cc(C)ccc1C.[Cl-]. The summed E-state index contributed by atoms with van der Waals surface area (Å²) in [5.41, 5.74) is 4.23. The molecule has 2 atom stereocenters. The van der Waals surface area contributed by atoms with Crippen LogP contribution in [0.2, 0.25) is 0 Å². The van der Waals surface area contributed by atoms with Gasteiger partial charge in [-0.3, -0.25) is 4.79 Å². The van der Waals surface area contributed by atoms with Crippen LogP contribution >= 0.6 is 0 Å². The maximum absolute atomic E-state index is 12.5. The summed E-state index contributed by atoms with van der Waals surface area (Å²) < 4.78 is 5.95. The van der Waals surface area contributed by atoms with Crippen molar-refractivity contribution in [2.45, 2.75) is 46.3 Å². The van der Waals surface area contributed by atoms with Crippen molar-refractivity contribution in [2.75, 3.05) is 13.2 Å². The second-order valence-corrected chi connectivity index (χ2v) is 6.66. The van der Waals surface area contributed by atoms with Gasteiger partial charge in [-0.2, -0.15) is 0 Å². The van der Waals surface area contributed by atoms with E-state index in [0.717, 1.165) is 23.2 Å². The molecule has 4 heteroatoms. The van der Waals surface area contributed by atoms with E-state index in [1.165, 1.54) is 5.56 Å². The first-order valence-corrected chi connectivity index (χ1v) is 9.13. The highest BCUT2D eigenvalue weighted by Gasteiger charge is 2.22. The number of hydrogen-bond donors (Lipinski definition) is 1. The molecule has 0 bridgehead atoms. The topological polar surface area (TPSA) is 42.9 Å². The highest BCUT2D eigenvalue weighted by atomic mass is 35.5. The van der Waals surface area contributed by atoms with Gasteiger partial charge in [0.1, 0.15) is 12.1 Å². The molecule has 2 aromatic rings. The van der Waals surface area contributed by atoms with Gasteiger partial charge in [-0.15, -0.1) is 0 Å². The smallest absolute Gasteiger partial charge is 0.168 e. The fourth-order valence-electron chi connectivity index (χ4n) is 3.15. The van der Waals surface area contributed by atoms with Crippen molar-refractivity contribution >= 4 is 5.78 Å². The number of ether oxygens (including phenoxy) is 1.